The molecule has 4 aliphatic rings. The summed E-state index contributed by atoms with van der Waals surface area (Å²) in [6.45, 7) is 17.4. The van der Waals surface area contributed by atoms with E-state index in [0.717, 1.165) is 13.8 Å². The third-order valence-electron chi connectivity index (χ3n) is 17.1. The van der Waals surface area contributed by atoms with E-state index in [9.17, 15) is 39.3 Å². The highest BCUT2D eigenvalue weighted by atomic mass is 28.4. The van der Waals surface area contributed by atoms with Gasteiger partial charge < -0.3 is 53.5 Å². The normalized spacial score (nSPS) is 28.6. The van der Waals surface area contributed by atoms with Gasteiger partial charge in [0.15, 0.2) is 31.9 Å². The van der Waals surface area contributed by atoms with Gasteiger partial charge in [-0.3, -0.25) is 24.0 Å². The number of aliphatic hydroxyl groups is 3. The molecule has 19 heteroatoms. The Kier molecular flexibility index (Phi) is 17.5. The van der Waals surface area contributed by atoms with Crippen LogP contribution in [-0.4, -0.2) is 132 Å². The second-order valence-electron chi connectivity index (χ2n) is 23.4. The molecule has 1 unspecified atom stereocenters. The minimum absolute atomic E-state index is 0.00914. The van der Waals surface area contributed by atoms with Crippen molar-refractivity contribution in [3.63, 3.8) is 0 Å². The molecule has 1 heterocycles. The number of fused-ring (bicyclic) bond motifs is 5. The molecular formula is C59H75NO17Si. The Morgan fingerprint density at radius 3 is 1.96 bits per heavy atom. The zero-order chi connectivity index (χ0) is 57.3. The fourth-order valence-electron chi connectivity index (χ4n) is 11.7. The maximum atomic E-state index is 16.4. The van der Waals surface area contributed by atoms with Crippen molar-refractivity contribution in [2.24, 2.45) is 16.7 Å². The lowest BCUT2D eigenvalue weighted by Gasteiger charge is -2.67. The SMILES string of the molecule is CC(=O)O[C@H]1C(=O)[C@]2(C)[C@@H](OC(=O)CCCC(O)CO)C[C@H]3OC[C@@]3(OC(C)=O)[C@H]2[C@H](OC(=O)c2ccccc2)[C@]2(O)C[C@H](OC(=O)[C@H](O[Si](C)(C)C(C)(C)C)[C@H](NC(=O)c3ccccc3)c3ccccc3)C(C)=C1C2(C)C. The number of carbonyl (C=O) groups is 7. The third kappa shape index (κ3) is 11.4. The van der Waals surface area contributed by atoms with Crippen molar-refractivity contribution in [1.29, 1.82) is 0 Å². The van der Waals surface area contributed by atoms with Crippen LogP contribution >= 0.6 is 0 Å². The van der Waals surface area contributed by atoms with E-state index in [1.165, 1.54) is 19.1 Å². The highest BCUT2D eigenvalue weighted by molar-refractivity contribution is 6.74. The third-order valence-corrected chi connectivity index (χ3v) is 21.5. The van der Waals surface area contributed by atoms with Crippen molar-refractivity contribution >= 4 is 49.9 Å². The summed E-state index contributed by atoms with van der Waals surface area (Å²) in [6.07, 6.45) is -11.5. The van der Waals surface area contributed by atoms with Crippen LogP contribution in [0.15, 0.2) is 102 Å². The van der Waals surface area contributed by atoms with Gasteiger partial charge in [-0.25, -0.2) is 9.59 Å². The van der Waals surface area contributed by atoms with E-state index < -0.39 is 145 Å². The van der Waals surface area contributed by atoms with Gasteiger partial charge in [-0.15, -0.1) is 0 Å². The molecule has 12 atom stereocenters. The minimum atomic E-state index is -2.99. The average molecular weight is 1100 g/mol. The highest BCUT2D eigenvalue weighted by Crippen LogP contribution is 2.65. The van der Waals surface area contributed by atoms with E-state index in [1.807, 2.05) is 33.9 Å². The van der Waals surface area contributed by atoms with Gasteiger partial charge in [0.25, 0.3) is 5.91 Å². The van der Waals surface area contributed by atoms with E-state index >= 15 is 9.59 Å². The summed E-state index contributed by atoms with van der Waals surface area (Å²) in [5.74, 6) is -7.53. The predicted octanol–water partition coefficient (Wildman–Crippen LogP) is 6.84. The number of amides is 1. The molecule has 3 aromatic carbocycles. The molecule has 3 aromatic rings. The molecule has 3 fully saturated rings. The number of ether oxygens (including phenoxy) is 6. The number of hydrogen-bond acceptors (Lipinski definition) is 17. The van der Waals surface area contributed by atoms with Crippen LogP contribution in [0.25, 0.3) is 0 Å². The Bertz CT molecular complexity index is 2760. The number of esters is 5. The fourth-order valence-corrected chi connectivity index (χ4v) is 12.9. The number of rotatable bonds is 18. The van der Waals surface area contributed by atoms with E-state index in [1.54, 1.807) is 99.6 Å². The van der Waals surface area contributed by atoms with Crippen molar-refractivity contribution in [1.82, 2.24) is 5.32 Å². The van der Waals surface area contributed by atoms with Crippen molar-refractivity contribution in [3.05, 3.63) is 119 Å². The van der Waals surface area contributed by atoms with Gasteiger partial charge in [0, 0.05) is 44.1 Å². The maximum absolute atomic E-state index is 16.4. The summed E-state index contributed by atoms with van der Waals surface area (Å²) in [7, 11) is -2.99. The van der Waals surface area contributed by atoms with E-state index in [-0.39, 0.29) is 49.0 Å². The van der Waals surface area contributed by atoms with Crippen molar-refractivity contribution < 1.29 is 81.7 Å². The number of benzene rings is 3. The second-order valence-corrected chi connectivity index (χ2v) is 28.2. The average Bonchev–Trinajstić information content (AvgIpc) is 3.44. The van der Waals surface area contributed by atoms with Gasteiger partial charge in [-0.2, -0.15) is 0 Å². The van der Waals surface area contributed by atoms with Gasteiger partial charge >= 0.3 is 29.8 Å². The molecule has 0 spiro atoms. The first-order valence-electron chi connectivity index (χ1n) is 26.5. The Hall–Kier alpha value is -6.09. The van der Waals surface area contributed by atoms with Gasteiger partial charge in [0.1, 0.15) is 30.0 Å². The molecule has 3 aliphatic carbocycles. The predicted molar refractivity (Wildman–Crippen MR) is 285 cm³/mol. The summed E-state index contributed by atoms with van der Waals surface area (Å²) >= 11 is 0. The minimum Gasteiger partial charge on any atom is -0.461 e. The lowest BCUT2D eigenvalue weighted by molar-refractivity contribution is -0.346. The van der Waals surface area contributed by atoms with Gasteiger partial charge in [-0.1, -0.05) is 101 Å². The molecule has 7 rings (SSSR count). The Morgan fingerprint density at radius 2 is 1.42 bits per heavy atom. The molecule has 2 bridgehead atoms. The molecule has 18 nitrogen and oxygen atoms in total. The van der Waals surface area contributed by atoms with Gasteiger partial charge in [0.2, 0.25) is 0 Å². The van der Waals surface area contributed by atoms with Crippen LogP contribution in [-0.2, 0) is 56.8 Å². The molecular weight excluding hydrogens is 1020 g/mol. The lowest BCUT2D eigenvalue weighted by Crippen LogP contribution is -2.82. The summed E-state index contributed by atoms with van der Waals surface area (Å²) < 4.78 is 45.1. The highest BCUT2D eigenvalue weighted by Gasteiger charge is 2.79. The Labute approximate surface area is 456 Å². The molecule has 78 heavy (non-hydrogen) atoms. The molecule has 2 saturated carbocycles. The van der Waals surface area contributed by atoms with Crippen LogP contribution in [0.2, 0.25) is 18.1 Å². The Morgan fingerprint density at radius 1 is 0.833 bits per heavy atom. The van der Waals surface area contributed by atoms with Crippen LogP contribution < -0.4 is 5.32 Å². The number of nitrogens with one attached hydrogen (secondary N) is 1. The van der Waals surface area contributed by atoms with Crippen molar-refractivity contribution in [3.8, 4) is 0 Å². The van der Waals surface area contributed by atoms with Crippen molar-refractivity contribution in [2.45, 2.75) is 173 Å². The monoisotopic (exact) mass is 1100 g/mol. The zero-order valence-electron chi connectivity index (χ0n) is 46.4. The summed E-state index contributed by atoms with van der Waals surface area (Å²) in [4.78, 5) is 102. The van der Waals surface area contributed by atoms with Gasteiger partial charge in [-0.05, 0) is 85.8 Å². The standard InChI is InChI=1S/C59H75NO17Si/c1-34-41(73-54(69)48(77-78(10,11)55(4,5)6)46(37-22-15-12-16-23-37)60-52(67)38-24-17-13-18-25-38)31-59(70)51(75-53(68)39-26-19-14-20-27-39)49-57(9,50(66)47(72-35(2)62)45(34)56(59,7)8)42(74-44(65)29-21-28-40(64)32-61)30-43-58(49,33-71-43)76-36(3)63/h12-20,22-27,40-43,46-49,51,61,64,70H,21,28-33H2,1-11H3,(H,60,67)/t40?,41-,42-,43+,46+,47+,48+,49-,51-,57+,58-,59+/m0/s1. The lowest BCUT2D eigenvalue weighted by atomic mass is 9.44. The quantitative estimate of drug-likeness (QED) is 0.0440. The van der Waals surface area contributed by atoms with Crippen LogP contribution in [0.3, 0.4) is 0 Å². The summed E-state index contributed by atoms with van der Waals surface area (Å²) in [5, 5.41) is 36.4. The molecule has 0 aromatic heterocycles. The molecule has 422 valence electrons. The van der Waals surface area contributed by atoms with Crippen LogP contribution in [0.5, 0.6) is 0 Å². The first-order valence-corrected chi connectivity index (χ1v) is 29.4. The fraction of sp³-hybridized carbons (Fsp3) is 0.542. The number of hydrogen-bond donors (Lipinski definition) is 4. The van der Waals surface area contributed by atoms with E-state index in [0.29, 0.717) is 11.1 Å². The second kappa shape index (κ2) is 22.9. The topological polar surface area (TPSA) is 257 Å². The zero-order valence-corrected chi connectivity index (χ0v) is 47.4. The Balaban J connectivity index is 1.46. The number of Topliss-reactive ketones (excluding diaryl/α,β-unsaturated/α-hetero) is 1. The molecule has 4 N–H and O–H groups in total. The maximum Gasteiger partial charge on any atom is 0.338 e. The summed E-state index contributed by atoms with van der Waals surface area (Å²) in [6, 6.07) is 23.9. The smallest absolute Gasteiger partial charge is 0.338 e. The molecule has 1 amide bonds. The molecule has 1 saturated heterocycles. The van der Waals surface area contributed by atoms with E-state index in [2.05, 4.69) is 5.32 Å². The number of aliphatic hydroxyl groups excluding tert-OH is 2. The van der Waals surface area contributed by atoms with Gasteiger partial charge in [0.05, 0.1) is 42.3 Å². The molecule has 1 aliphatic heterocycles. The first kappa shape index (κ1) is 59.6. The van der Waals surface area contributed by atoms with E-state index in [4.69, 9.17) is 32.8 Å². The summed E-state index contributed by atoms with van der Waals surface area (Å²) in [5.41, 5.74) is -7.22. The number of carbonyl (C=O) groups excluding carboxylic acids is 7. The first-order chi connectivity index (χ1) is 36.5. The van der Waals surface area contributed by atoms with Crippen LogP contribution in [0, 0.1) is 16.7 Å². The molecule has 0 radical (unpaired) electrons. The van der Waals surface area contributed by atoms with Crippen LogP contribution in [0.4, 0.5) is 0 Å². The van der Waals surface area contributed by atoms with Crippen molar-refractivity contribution in [2.75, 3.05) is 13.2 Å². The van der Waals surface area contributed by atoms with Crippen LogP contribution in [0.1, 0.15) is 127 Å². The number of ketones is 1. The largest absolute Gasteiger partial charge is 0.461 e.